The van der Waals surface area contributed by atoms with Crippen LogP contribution in [0.1, 0.15) is 0 Å². The summed E-state index contributed by atoms with van der Waals surface area (Å²) in [5.74, 6) is 0.690. The van der Waals surface area contributed by atoms with E-state index < -0.39 is 0 Å². The van der Waals surface area contributed by atoms with Crippen molar-refractivity contribution in [1.82, 2.24) is 19.9 Å². The number of benzene rings is 7. The normalized spacial score (nSPS) is 11.2. The zero-order valence-electron chi connectivity index (χ0n) is 30.4. The van der Waals surface area contributed by atoms with Crippen LogP contribution in [0.15, 0.2) is 206 Å². The summed E-state index contributed by atoms with van der Waals surface area (Å²) in [7, 11) is 0. The van der Waals surface area contributed by atoms with Crippen molar-refractivity contribution < 1.29 is 0 Å². The third-order valence-electron chi connectivity index (χ3n) is 10.3. The first-order chi connectivity index (χ1) is 27.7. The van der Waals surface area contributed by atoms with E-state index in [2.05, 4.69) is 164 Å². The summed E-state index contributed by atoms with van der Waals surface area (Å²) in [5, 5.41) is 2.14. The van der Waals surface area contributed by atoms with Gasteiger partial charge >= 0.3 is 0 Å². The highest BCUT2D eigenvalue weighted by atomic mass is 14.9. The van der Waals surface area contributed by atoms with Gasteiger partial charge in [0.1, 0.15) is 0 Å². The standard InChI is InChI=1S/C52H34N4/c1-5-14-36(15-6-1)45-33-47(37-16-7-2-8-17-37)54-51-44(45)30-28-41-29-31-46(53-50(41)51)40-26-24-35(25-27-40)42-22-13-23-43(32-42)52-55-48(38-18-9-3-10-19-38)34-49(56-52)39-20-11-4-12-21-39/h1-34H. The molecule has 0 atom stereocenters. The largest absolute Gasteiger partial charge is 0.245 e. The quantitative estimate of drug-likeness (QED) is 0.154. The Kier molecular flexibility index (Phi) is 8.47. The molecule has 56 heavy (non-hydrogen) atoms. The number of hydrogen-bond acceptors (Lipinski definition) is 4. The minimum atomic E-state index is 0.690. The van der Waals surface area contributed by atoms with Crippen LogP contribution < -0.4 is 0 Å². The topological polar surface area (TPSA) is 51.6 Å². The zero-order chi connectivity index (χ0) is 37.3. The molecule has 0 radical (unpaired) electrons. The maximum Gasteiger partial charge on any atom is 0.160 e. The van der Waals surface area contributed by atoms with E-state index in [-0.39, 0.29) is 0 Å². The van der Waals surface area contributed by atoms with Crippen LogP contribution in [0.5, 0.6) is 0 Å². The lowest BCUT2D eigenvalue weighted by atomic mass is 9.96. The summed E-state index contributed by atoms with van der Waals surface area (Å²) < 4.78 is 0. The van der Waals surface area contributed by atoms with Gasteiger partial charge in [-0.2, -0.15) is 0 Å². The molecule has 4 nitrogen and oxygen atoms in total. The second-order valence-electron chi connectivity index (χ2n) is 13.9. The maximum atomic E-state index is 5.29. The lowest BCUT2D eigenvalue weighted by molar-refractivity contribution is 1.18. The smallest absolute Gasteiger partial charge is 0.160 e. The zero-order valence-corrected chi connectivity index (χ0v) is 30.4. The van der Waals surface area contributed by atoms with Crippen LogP contribution in [0.3, 0.4) is 0 Å². The SMILES string of the molecule is c1ccc(-c2cc(-c3ccccc3)nc(-c3cccc(-c4ccc(-c5ccc6ccc7c(-c8ccccc8)cc(-c8ccccc8)nc7c6n5)cc4)c3)n2)cc1. The summed E-state index contributed by atoms with van der Waals surface area (Å²) >= 11 is 0. The van der Waals surface area contributed by atoms with Gasteiger partial charge in [-0.3, -0.25) is 0 Å². The molecule has 4 heteroatoms. The molecule has 7 aromatic carbocycles. The molecule has 10 aromatic rings. The summed E-state index contributed by atoms with van der Waals surface area (Å²) in [5.41, 5.74) is 15.1. The van der Waals surface area contributed by atoms with Gasteiger partial charge in [-0.05, 0) is 46.5 Å². The summed E-state index contributed by atoms with van der Waals surface area (Å²) in [6.07, 6.45) is 0. The first-order valence-corrected chi connectivity index (χ1v) is 18.8. The van der Waals surface area contributed by atoms with Crippen molar-refractivity contribution in [2.75, 3.05) is 0 Å². The molecule has 0 amide bonds. The lowest BCUT2D eigenvalue weighted by Crippen LogP contribution is -1.96. The third kappa shape index (κ3) is 6.40. The van der Waals surface area contributed by atoms with Crippen molar-refractivity contribution >= 4 is 21.8 Å². The van der Waals surface area contributed by atoms with Crippen LogP contribution >= 0.6 is 0 Å². The van der Waals surface area contributed by atoms with Crippen molar-refractivity contribution in [2.45, 2.75) is 0 Å². The van der Waals surface area contributed by atoms with Crippen molar-refractivity contribution in [1.29, 1.82) is 0 Å². The van der Waals surface area contributed by atoms with E-state index in [9.17, 15) is 0 Å². The molecule has 0 saturated heterocycles. The molecule has 0 unspecified atom stereocenters. The molecule has 0 aliphatic heterocycles. The molecule has 10 rings (SSSR count). The van der Waals surface area contributed by atoms with Crippen LogP contribution in [0.25, 0.3) is 100 Å². The van der Waals surface area contributed by atoms with Gasteiger partial charge in [-0.25, -0.2) is 19.9 Å². The third-order valence-corrected chi connectivity index (χ3v) is 10.3. The Morgan fingerprint density at radius 2 is 0.714 bits per heavy atom. The molecule has 0 aliphatic carbocycles. The van der Waals surface area contributed by atoms with Gasteiger partial charge in [0.2, 0.25) is 0 Å². The number of nitrogens with zero attached hydrogens (tertiary/aromatic N) is 4. The molecule has 0 bridgehead atoms. The molecule has 3 heterocycles. The summed E-state index contributed by atoms with van der Waals surface area (Å²) in [6, 6.07) is 71.5. The van der Waals surface area contributed by atoms with Gasteiger partial charge < -0.3 is 0 Å². The van der Waals surface area contributed by atoms with Gasteiger partial charge in [-0.1, -0.05) is 182 Å². The first kappa shape index (κ1) is 33.0. The fraction of sp³-hybridized carbons (Fsp3) is 0. The monoisotopic (exact) mass is 714 g/mol. The average Bonchev–Trinajstić information content (AvgIpc) is 3.29. The first-order valence-electron chi connectivity index (χ1n) is 18.8. The van der Waals surface area contributed by atoms with E-state index in [0.717, 1.165) is 94.7 Å². The van der Waals surface area contributed by atoms with Gasteiger partial charge in [0.05, 0.1) is 33.8 Å². The fourth-order valence-electron chi connectivity index (χ4n) is 7.41. The highest BCUT2D eigenvalue weighted by Gasteiger charge is 2.15. The predicted octanol–water partition coefficient (Wildman–Crippen LogP) is 13.2. The molecule has 3 aromatic heterocycles. The Morgan fingerprint density at radius 3 is 1.32 bits per heavy atom. The van der Waals surface area contributed by atoms with Crippen LogP contribution in [0, 0.1) is 0 Å². The Morgan fingerprint density at radius 1 is 0.250 bits per heavy atom. The highest BCUT2D eigenvalue weighted by molar-refractivity contribution is 6.09. The van der Waals surface area contributed by atoms with Crippen molar-refractivity contribution in [3.8, 4) is 78.7 Å². The Balaban J connectivity index is 1.02. The molecular weight excluding hydrogens is 681 g/mol. The predicted molar refractivity (Wildman–Crippen MR) is 231 cm³/mol. The van der Waals surface area contributed by atoms with Gasteiger partial charge in [0.15, 0.2) is 5.82 Å². The molecule has 262 valence electrons. The van der Waals surface area contributed by atoms with Crippen LogP contribution in [-0.2, 0) is 0 Å². The second kappa shape index (κ2) is 14.3. The van der Waals surface area contributed by atoms with Gasteiger partial charge in [0.25, 0.3) is 0 Å². The average molecular weight is 715 g/mol. The van der Waals surface area contributed by atoms with E-state index in [1.165, 1.54) is 0 Å². The van der Waals surface area contributed by atoms with Crippen LogP contribution in [0.2, 0.25) is 0 Å². The van der Waals surface area contributed by atoms with Crippen molar-refractivity contribution in [3.05, 3.63) is 206 Å². The van der Waals surface area contributed by atoms with Gasteiger partial charge in [-0.15, -0.1) is 0 Å². The molecule has 0 N–H and O–H groups in total. The lowest BCUT2D eigenvalue weighted by Gasteiger charge is -2.13. The Bertz CT molecular complexity index is 2930. The maximum absolute atomic E-state index is 5.29. The number of fused-ring (bicyclic) bond motifs is 3. The van der Waals surface area contributed by atoms with Crippen LogP contribution in [0.4, 0.5) is 0 Å². The molecule has 0 aliphatic rings. The molecule has 0 fully saturated rings. The van der Waals surface area contributed by atoms with Crippen molar-refractivity contribution in [2.24, 2.45) is 0 Å². The van der Waals surface area contributed by atoms with Gasteiger partial charge in [0, 0.05) is 38.6 Å². The Hall–Kier alpha value is -7.56. The number of hydrogen-bond donors (Lipinski definition) is 0. The van der Waals surface area contributed by atoms with E-state index in [4.69, 9.17) is 19.9 Å². The minimum Gasteiger partial charge on any atom is -0.245 e. The summed E-state index contributed by atoms with van der Waals surface area (Å²) in [6.45, 7) is 0. The fourth-order valence-corrected chi connectivity index (χ4v) is 7.41. The Labute approximate surface area is 325 Å². The van der Waals surface area contributed by atoms with E-state index in [0.29, 0.717) is 5.82 Å². The number of pyridine rings is 2. The van der Waals surface area contributed by atoms with E-state index >= 15 is 0 Å². The highest BCUT2D eigenvalue weighted by Crippen LogP contribution is 2.36. The molecule has 0 saturated carbocycles. The molecular formula is C52H34N4. The molecule has 0 spiro atoms. The number of aromatic nitrogens is 4. The number of rotatable bonds is 7. The summed E-state index contributed by atoms with van der Waals surface area (Å²) in [4.78, 5) is 20.7. The van der Waals surface area contributed by atoms with Crippen molar-refractivity contribution in [3.63, 3.8) is 0 Å². The van der Waals surface area contributed by atoms with E-state index in [1.807, 2.05) is 42.5 Å². The van der Waals surface area contributed by atoms with E-state index in [1.54, 1.807) is 0 Å². The minimum absolute atomic E-state index is 0.690. The van der Waals surface area contributed by atoms with Crippen LogP contribution in [-0.4, -0.2) is 19.9 Å². The second-order valence-corrected chi connectivity index (χ2v) is 13.9.